The van der Waals surface area contributed by atoms with Gasteiger partial charge in [-0.05, 0) is 80.4 Å². The quantitative estimate of drug-likeness (QED) is 0.220. The summed E-state index contributed by atoms with van der Waals surface area (Å²) in [4.78, 5) is 2.32. The number of benzene rings is 6. The highest BCUT2D eigenvalue weighted by Crippen LogP contribution is 2.50. The Balaban J connectivity index is 1.37. The van der Waals surface area contributed by atoms with Crippen LogP contribution in [0.15, 0.2) is 140 Å². The van der Waals surface area contributed by atoms with E-state index in [0.717, 1.165) is 40.1 Å². The Morgan fingerprint density at radius 2 is 0.875 bits per heavy atom. The van der Waals surface area contributed by atoms with Gasteiger partial charge in [0.25, 0.3) is 0 Å². The Morgan fingerprint density at radius 3 is 1.52 bits per heavy atom. The molecule has 188 valence electrons. The standard InChI is InChI=1S/C36H23NO2Si/c1-8-18-33-25(11-1)26-12-2-9-19-34(26)40(33)35-20-10-7-17-31(35)39-32-22-21-24(23-36(32)40)37-27-13-3-5-15-29(27)38-30-16-6-4-14-28(30)37/h1-23H. The molecule has 3 heterocycles. The van der Waals surface area contributed by atoms with E-state index in [1.54, 1.807) is 0 Å². The van der Waals surface area contributed by atoms with Crippen LogP contribution < -0.4 is 35.1 Å². The Kier molecular flexibility index (Phi) is 4.35. The normalized spacial score (nSPS) is 14.6. The minimum absolute atomic E-state index is 0.851. The van der Waals surface area contributed by atoms with Gasteiger partial charge in [0, 0.05) is 5.69 Å². The van der Waals surface area contributed by atoms with Gasteiger partial charge in [-0.15, -0.1) is 0 Å². The Morgan fingerprint density at radius 1 is 0.400 bits per heavy atom. The topological polar surface area (TPSA) is 21.7 Å². The summed E-state index contributed by atoms with van der Waals surface area (Å²) < 4.78 is 13.0. The summed E-state index contributed by atoms with van der Waals surface area (Å²) in [7, 11) is -2.66. The van der Waals surface area contributed by atoms with Gasteiger partial charge >= 0.3 is 0 Å². The van der Waals surface area contributed by atoms with Gasteiger partial charge in [0.2, 0.25) is 0 Å². The second kappa shape index (κ2) is 7.98. The minimum Gasteiger partial charge on any atom is -0.458 e. The number of rotatable bonds is 1. The van der Waals surface area contributed by atoms with Crippen LogP contribution in [-0.2, 0) is 0 Å². The molecule has 9 rings (SSSR count). The van der Waals surface area contributed by atoms with Crippen molar-refractivity contribution in [3.63, 3.8) is 0 Å². The van der Waals surface area contributed by atoms with Crippen molar-refractivity contribution in [3.8, 4) is 34.1 Å². The van der Waals surface area contributed by atoms with Crippen LogP contribution in [0.25, 0.3) is 11.1 Å². The maximum atomic E-state index is 6.67. The van der Waals surface area contributed by atoms with Crippen molar-refractivity contribution >= 4 is 45.9 Å². The zero-order valence-electron chi connectivity index (χ0n) is 21.5. The third kappa shape index (κ3) is 2.73. The maximum absolute atomic E-state index is 6.67. The first kappa shape index (κ1) is 21.8. The molecule has 0 bridgehead atoms. The molecule has 0 radical (unpaired) electrons. The number of hydrogen-bond acceptors (Lipinski definition) is 3. The summed E-state index contributed by atoms with van der Waals surface area (Å²) in [6, 6.07) is 49.9. The lowest BCUT2D eigenvalue weighted by atomic mass is 10.1. The third-order valence-corrected chi connectivity index (χ3v) is 13.4. The van der Waals surface area contributed by atoms with Crippen LogP contribution in [0.2, 0.25) is 0 Å². The van der Waals surface area contributed by atoms with Gasteiger partial charge in [0.15, 0.2) is 19.6 Å². The van der Waals surface area contributed by atoms with Crippen LogP contribution in [0.4, 0.5) is 17.1 Å². The lowest BCUT2D eigenvalue weighted by Crippen LogP contribution is -2.74. The summed E-state index contributed by atoms with van der Waals surface area (Å²) in [6.07, 6.45) is 0. The van der Waals surface area contributed by atoms with Gasteiger partial charge in [0.1, 0.15) is 11.5 Å². The molecule has 0 aromatic heterocycles. The van der Waals surface area contributed by atoms with E-state index in [1.807, 2.05) is 24.3 Å². The smallest absolute Gasteiger partial charge is 0.189 e. The van der Waals surface area contributed by atoms with Crippen molar-refractivity contribution in [3.05, 3.63) is 140 Å². The van der Waals surface area contributed by atoms with Crippen molar-refractivity contribution < 1.29 is 9.47 Å². The summed E-state index contributed by atoms with van der Waals surface area (Å²) >= 11 is 0. The van der Waals surface area contributed by atoms with Crippen LogP contribution in [0.3, 0.4) is 0 Å². The molecule has 0 unspecified atom stereocenters. The molecule has 0 saturated heterocycles. The first-order chi connectivity index (χ1) is 19.8. The third-order valence-electron chi connectivity index (χ3n) is 8.52. The van der Waals surface area contributed by atoms with E-state index in [0.29, 0.717) is 0 Å². The summed E-state index contributed by atoms with van der Waals surface area (Å²) in [5, 5.41) is 5.43. The van der Waals surface area contributed by atoms with E-state index in [2.05, 4.69) is 120 Å². The van der Waals surface area contributed by atoms with Crippen LogP contribution in [-0.4, -0.2) is 8.07 Å². The van der Waals surface area contributed by atoms with Gasteiger partial charge in [-0.2, -0.15) is 0 Å². The molecular weight excluding hydrogens is 506 g/mol. The monoisotopic (exact) mass is 529 g/mol. The first-order valence-electron chi connectivity index (χ1n) is 13.6. The molecule has 0 fully saturated rings. The summed E-state index contributed by atoms with van der Waals surface area (Å²) in [5.41, 5.74) is 5.82. The Labute approximate surface area is 233 Å². The zero-order valence-corrected chi connectivity index (χ0v) is 22.5. The minimum atomic E-state index is -2.66. The highest BCUT2D eigenvalue weighted by Gasteiger charge is 2.53. The number of hydrogen-bond donors (Lipinski definition) is 0. The predicted octanol–water partition coefficient (Wildman–Crippen LogP) is 6.73. The predicted molar refractivity (Wildman–Crippen MR) is 164 cm³/mol. The molecule has 1 spiro atoms. The number of para-hydroxylation sites is 5. The molecule has 0 aliphatic carbocycles. The average molecular weight is 530 g/mol. The van der Waals surface area contributed by atoms with Gasteiger partial charge in [-0.25, -0.2) is 0 Å². The maximum Gasteiger partial charge on any atom is 0.189 e. The van der Waals surface area contributed by atoms with Crippen LogP contribution in [0.1, 0.15) is 0 Å². The highest BCUT2D eigenvalue weighted by atomic mass is 28.3. The fraction of sp³-hybridized carbons (Fsp3) is 0. The first-order valence-corrected chi connectivity index (χ1v) is 15.6. The van der Waals surface area contributed by atoms with Crippen molar-refractivity contribution in [1.29, 1.82) is 0 Å². The van der Waals surface area contributed by atoms with Gasteiger partial charge < -0.3 is 14.4 Å². The van der Waals surface area contributed by atoms with E-state index in [-0.39, 0.29) is 0 Å². The number of ether oxygens (including phenoxy) is 2. The lowest BCUT2D eigenvalue weighted by molar-refractivity contribution is 0.477. The second-order valence-corrected chi connectivity index (χ2v) is 14.1. The summed E-state index contributed by atoms with van der Waals surface area (Å²) in [5.74, 6) is 3.60. The fourth-order valence-electron chi connectivity index (χ4n) is 6.97. The molecular formula is C36H23NO2Si. The summed E-state index contributed by atoms with van der Waals surface area (Å²) in [6.45, 7) is 0. The van der Waals surface area contributed by atoms with Gasteiger partial charge in [0.05, 0.1) is 11.4 Å². The lowest BCUT2D eigenvalue weighted by Gasteiger charge is -2.39. The van der Waals surface area contributed by atoms with Crippen LogP contribution in [0.5, 0.6) is 23.0 Å². The number of fused-ring (bicyclic) bond motifs is 11. The van der Waals surface area contributed by atoms with Crippen molar-refractivity contribution in [2.24, 2.45) is 0 Å². The molecule has 4 heteroatoms. The Bertz CT molecular complexity index is 1910. The van der Waals surface area contributed by atoms with E-state index in [9.17, 15) is 0 Å². The van der Waals surface area contributed by atoms with E-state index in [1.165, 1.54) is 31.9 Å². The molecule has 3 nitrogen and oxygen atoms in total. The fourth-order valence-corrected chi connectivity index (χ4v) is 12.4. The molecule has 3 aliphatic rings. The van der Waals surface area contributed by atoms with E-state index in [4.69, 9.17) is 9.47 Å². The number of nitrogens with zero attached hydrogens (tertiary/aromatic N) is 1. The molecule has 6 aromatic rings. The molecule has 6 aromatic carbocycles. The largest absolute Gasteiger partial charge is 0.458 e. The SMILES string of the molecule is c1ccc2c(c1)Oc1ccccc1N2c1ccc2c(c1)[Si]1(c3ccccc3O2)c2ccccc2-c2ccccc21. The van der Waals surface area contributed by atoms with Crippen molar-refractivity contribution in [2.75, 3.05) is 4.90 Å². The molecule has 0 saturated carbocycles. The molecule has 0 amide bonds. The molecule has 0 N–H and O–H groups in total. The van der Waals surface area contributed by atoms with E-state index >= 15 is 0 Å². The molecule has 40 heavy (non-hydrogen) atoms. The van der Waals surface area contributed by atoms with Gasteiger partial charge in [-0.1, -0.05) is 91.0 Å². The number of anilines is 3. The second-order valence-electron chi connectivity index (χ2n) is 10.5. The zero-order chi connectivity index (χ0) is 26.3. The Hall–Kier alpha value is -5.06. The van der Waals surface area contributed by atoms with Crippen molar-refractivity contribution in [1.82, 2.24) is 0 Å². The van der Waals surface area contributed by atoms with Gasteiger partial charge in [-0.3, -0.25) is 0 Å². The van der Waals surface area contributed by atoms with Crippen LogP contribution >= 0.6 is 0 Å². The molecule has 3 aliphatic heterocycles. The average Bonchev–Trinajstić information content (AvgIpc) is 3.31. The highest BCUT2D eigenvalue weighted by molar-refractivity contribution is 7.23. The van der Waals surface area contributed by atoms with E-state index < -0.39 is 8.07 Å². The van der Waals surface area contributed by atoms with Crippen LogP contribution in [0, 0.1) is 0 Å². The van der Waals surface area contributed by atoms with Crippen molar-refractivity contribution in [2.45, 2.75) is 0 Å². The molecule has 0 atom stereocenters.